The Labute approximate surface area is 120 Å². The maximum atomic E-state index is 12.5. The van der Waals surface area contributed by atoms with Crippen LogP contribution in [0, 0.1) is 6.92 Å². The van der Waals surface area contributed by atoms with Crippen LogP contribution < -0.4 is 0 Å². The Morgan fingerprint density at radius 2 is 1.74 bits per heavy atom. The Bertz CT molecular complexity index is 662. The molecule has 0 bridgehead atoms. The minimum atomic E-state index is 0.0605. The molecule has 19 heavy (non-hydrogen) atoms. The number of carbonyl (C=O) groups excluding carboxylic acids is 1. The lowest BCUT2D eigenvalue weighted by Gasteiger charge is -2.05. The van der Waals surface area contributed by atoms with Crippen molar-refractivity contribution in [1.82, 2.24) is 0 Å². The molecule has 0 aromatic heterocycles. The summed E-state index contributed by atoms with van der Waals surface area (Å²) in [5, 5.41) is 0. The van der Waals surface area contributed by atoms with Gasteiger partial charge in [0, 0.05) is 15.6 Å². The smallest absolute Gasteiger partial charge is 0.193 e. The zero-order valence-corrected chi connectivity index (χ0v) is 12.2. The van der Waals surface area contributed by atoms with E-state index < -0.39 is 0 Å². The number of ketones is 1. The molecule has 2 aromatic rings. The van der Waals surface area contributed by atoms with Crippen LogP contribution >= 0.6 is 15.9 Å². The van der Waals surface area contributed by atoms with Gasteiger partial charge < -0.3 is 4.74 Å². The van der Waals surface area contributed by atoms with E-state index in [2.05, 4.69) is 15.9 Å². The number of hydrogen-bond donors (Lipinski definition) is 0. The first-order valence-corrected chi connectivity index (χ1v) is 6.95. The van der Waals surface area contributed by atoms with Crippen LogP contribution in [0.2, 0.25) is 0 Å². The maximum Gasteiger partial charge on any atom is 0.193 e. The van der Waals surface area contributed by atoms with Gasteiger partial charge in [0.1, 0.15) is 0 Å². The molecular weight excluding hydrogens is 304 g/mol. The second-order valence-electron chi connectivity index (χ2n) is 4.77. The lowest BCUT2D eigenvalue weighted by Crippen LogP contribution is -2.02. The molecule has 3 rings (SSSR count). The summed E-state index contributed by atoms with van der Waals surface area (Å²) in [6, 6.07) is 11.5. The van der Waals surface area contributed by atoms with Gasteiger partial charge in [0.05, 0.1) is 13.2 Å². The maximum absolute atomic E-state index is 12.5. The quantitative estimate of drug-likeness (QED) is 0.782. The SMILES string of the molecule is Cc1cc(C(=O)c2ccc3c(c2)COC3)ccc1Br. The van der Waals surface area contributed by atoms with E-state index in [-0.39, 0.29) is 5.78 Å². The highest BCUT2D eigenvalue weighted by molar-refractivity contribution is 9.10. The van der Waals surface area contributed by atoms with E-state index in [1.807, 2.05) is 43.3 Å². The van der Waals surface area contributed by atoms with Crippen LogP contribution in [0.3, 0.4) is 0 Å². The Hall–Kier alpha value is -1.45. The molecule has 0 aliphatic carbocycles. The first-order chi connectivity index (χ1) is 9.15. The van der Waals surface area contributed by atoms with Crippen molar-refractivity contribution in [3.8, 4) is 0 Å². The summed E-state index contributed by atoms with van der Waals surface area (Å²) >= 11 is 3.45. The molecule has 2 nitrogen and oxygen atoms in total. The molecule has 1 aliphatic heterocycles. The fourth-order valence-corrected chi connectivity index (χ4v) is 2.51. The van der Waals surface area contributed by atoms with Crippen LogP contribution in [-0.4, -0.2) is 5.78 Å². The monoisotopic (exact) mass is 316 g/mol. The first kappa shape index (κ1) is 12.6. The second kappa shape index (κ2) is 4.91. The zero-order valence-electron chi connectivity index (χ0n) is 10.6. The third-order valence-electron chi connectivity index (χ3n) is 3.40. The molecule has 1 aliphatic rings. The molecule has 0 saturated carbocycles. The van der Waals surface area contributed by atoms with Gasteiger partial charge in [-0.1, -0.05) is 28.1 Å². The largest absolute Gasteiger partial charge is 0.372 e. The van der Waals surface area contributed by atoms with Gasteiger partial charge in [0.2, 0.25) is 0 Å². The number of ether oxygens (including phenoxy) is 1. The van der Waals surface area contributed by atoms with Crippen molar-refractivity contribution in [2.24, 2.45) is 0 Å². The highest BCUT2D eigenvalue weighted by Crippen LogP contribution is 2.23. The van der Waals surface area contributed by atoms with Crippen LogP contribution in [-0.2, 0) is 18.0 Å². The van der Waals surface area contributed by atoms with Gasteiger partial charge in [-0.2, -0.15) is 0 Å². The molecule has 96 valence electrons. The van der Waals surface area contributed by atoms with Gasteiger partial charge in [-0.05, 0) is 47.9 Å². The van der Waals surface area contributed by atoms with Gasteiger partial charge >= 0.3 is 0 Å². The molecule has 3 heteroatoms. The molecule has 0 radical (unpaired) electrons. The van der Waals surface area contributed by atoms with Crippen LogP contribution in [0.25, 0.3) is 0 Å². The molecule has 0 spiro atoms. The van der Waals surface area contributed by atoms with Crippen molar-refractivity contribution in [2.45, 2.75) is 20.1 Å². The van der Waals surface area contributed by atoms with Crippen molar-refractivity contribution in [3.05, 3.63) is 68.7 Å². The summed E-state index contributed by atoms with van der Waals surface area (Å²) in [6.07, 6.45) is 0. The normalized spacial score (nSPS) is 13.4. The van der Waals surface area contributed by atoms with Crippen LogP contribution in [0.1, 0.15) is 32.6 Å². The third-order valence-corrected chi connectivity index (χ3v) is 4.29. The van der Waals surface area contributed by atoms with Crippen molar-refractivity contribution >= 4 is 21.7 Å². The Kier molecular flexibility index (Phi) is 3.25. The van der Waals surface area contributed by atoms with Gasteiger partial charge in [-0.3, -0.25) is 4.79 Å². The molecule has 0 saturated heterocycles. The Morgan fingerprint density at radius 3 is 2.53 bits per heavy atom. The second-order valence-corrected chi connectivity index (χ2v) is 5.62. The number of hydrogen-bond acceptors (Lipinski definition) is 2. The van der Waals surface area contributed by atoms with Crippen molar-refractivity contribution < 1.29 is 9.53 Å². The third kappa shape index (κ3) is 2.36. The van der Waals surface area contributed by atoms with Gasteiger partial charge in [-0.15, -0.1) is 0 Å². The summed E-state index contributed by atoms with van der Waals surface area (Å²) in [5.41, 5.74) is 4.82. The molecule has 0 fully saturated rings. The zero-order chi connectivity index (χ0) is 13.4. The van der Waals surface area contributed by atoms with Crippen LogP contribution in [0.4, 0.5) is 0 Å². The van der Waals surface area contributed by atoms with Gasteiger partial charge in [-0.25, -0.2) is 0 Å². The van der Waals surface area contributed by atoms with Gasteiger partial charge in [0.15, 0.2) is 5.78 Å². The molecular formula is C16H13BrO2. The molecule has 1 heterocycles. The van der Waals surface area contributed by atoms with Crippen molar-refractivity contribution in [1.29, 1.82) is 0 Å². The average molecular weight is 317 g/mol. The minimum Gasteiger partial charge on any atom is -0.372 e. The first-order valence-electron chi connectivity index (χ1n) is 6.15. The molecule has 2 aromatic carbocycles. The van der Waals surface area contributed by atoms with E-state index >= 15 is 0 Å². The van der Waals surface area contributed by atoms with E-state index in [0.29, 0.717) is 13.2 Å². The van der Waals surface area contributed by atoms with E-state index in [4.69, 9.17) is 4.74 Å². The Morgan fingerprint density at radius 1 is 1.05 bits per heavy atom. The minimum absolute atomic E-state index is 0.0605. The Balaban J connectivity index is 1.97. The number of halogens is 1. The van der Waals surface area contributed by atoms with E-state index in [9.17, 15) is 4.79 Å². The lowest BCUT2D eigenvalue weighted by molar-refractivity contribution is 0.103. The number of benzene rings is 2. The fraction of sp³-hybridized carbons (Fsp3) is 0.188. The fourth-order valence-electron chi connectivity index (χ4n) is 2.27. The topological polar surface area (TPSA) is 26.3 Å². The highest BCUT2D eigenvalue weighted by Gasteiger charge is 2.15. The summed E-state index contributed by atoms with van der Waals surface area (Å²) in [7, 11) is 0. The van der Waals surface area contributed by atoms with E-state index in [0.717, 1.165) is 26.7 Å². The summed E-state index contributed by atoms with van der Waals surface area (Å²) in [4.78, 5) is 12.5. The number of rotatable bonds is 2. The average Bonchev–Trinajstić information content (AvgIpc) is 2.88. The summed E-state index contributed by atoms with van der Waals surface area (Å²) < 4.78 is 6.39. The predicted octanol–water partition coefficient (Wildman–Crippen LogP) is 4.02. The highest BCUT2D eigenvalue weighted by atomic mass is 79.9. The van der Waals surface area contributed by atoms with Crippen LogP contribution in [0.15, 0.2) is 40.9 Å². The van der Waals surface area contributed by atoms with Crippen LogP contribution in [0.5, 0.6) is 0 Å². The number of aryl methyl sites for hydroxylation is 1. The predicted molar refractivity (Wildman–Crippen MR) is 77.2 cm³/mol. The van der Waals surface area contributed by atoms with E-state index in [1.165, 1.54) is 5.56 Å². The number of fused-ring (bicyclic) bond motifs is 1. The molecule has 0 N–H and O–H groups in total. The lowest BCUT2D eigenvalue weighted by atomic mass is 9.98. The summed E-state index contributed by atoms with van der Waals surface area (Å²) in [6.45, 7) is 3.24. The van der Waals surface area contributed by atoms with Crippen molar-refractivity contribution in [2.75, 3.05) is 0 Å². The van der Waals surface area contributed by atoms with E-state index in [1.54, 1.807) is 0 Å². The molecule has 0 unspecified atom stereocenters. The summed E-state index contributed by atoms with van der Waals surface area (Å²) in [5.74, 6) is 0.0605. The standard InChI is InChI=1S/C16H13BrO2/c1-10-6-11(4-5-15(10)17)16(18)12-2-3-13-8-19-9-14(13)7-12/h2-7H,8-9H2,1H3. The molecule has 0 atom stereocenters. The molecule has 0 amide bonds. The van der Waals surface area contributed by atoms with Crippen molar-refractivity contribution in [3.63, 3.8) is 0 Å². The number of carbonyl (C=O) groups is 1. The van der Waals surface area contributed by atoms with Gasteiger partial charge in [0.25, 0.3) is 0 Å².